The molecule has 180 valence electrons. The Kier molecular flexibility index (Phi) is 7.11. The molecule has 2 aromatic rings. The third-order valence-electron chi connectivity index (χ3n) is 5.64. The fourth-order valence-corrected chi connectivity index (χ4v) is 4.58. The summed E-state index contributed by atoms with van der Waals surface area (Å²) < 4.78 is 0. The monoisotopic (exact) mass is 492 g/mol. The number of carbonyl (C=O) groups is 5. The number of hydrogen-bond acceptors (Lipinski definition) is 7. The highest BCUT2D eigenvalue weighted by molar-refractivity contribution is 8.18. The predicted octanol–water partition coefficient (Wildman–Crippen LogP) is 3.19. The minimum Gasteiger partial charge on any atom is -0.350 e. The first-order valence-electron chi connectivity index (χ1n) is 11.2. The van der Waals surface area contributed by atoms with E-state index in [1.807, 2.05) is 13.8 Å². The molecular formula is C25H24N4O5S. The van der Waals surface area contributed by atoms with Crippen LogP contribution in [0.1, 0.15) is 56.9 Å². The molecule has 10 heteroatoms. The number of nitrogens with zero attached hydrogens (tertiary/aromatic N) is 3. The van der Waals surface area contributed by atoms with Crippen molar-refractivity contribution in [3.05, 3.63) is 69.9 Å². The molecule has 0 radical (unpaired) electrons. The van der Waals surface area contributed by atoms with Crippen molar-refractivity contribution >= 4 is 46.7 Å². The first-order chi connectivity index (χ1) is 16.8. The topological polar surface area (TPSA) is 117 Å². The number of benzene rings is 1. The van der Waals surface area contributed by atoms with Gasteiger partial charge in [0.05, 0.1) is 16.0 Å². The minimum absolute atomic E-state index is 0.00607. The van der Waals surface area contributed by atoms with Crippen LogP contribution in [-0.2, 0) is 4.79 Å². The van der Waals surface area contributed by atoms with E-state index < -0.39 is 23.0 Å². The van der Waals surface area contributed by atoms with Crippen molar-refractivity contribution in [3.63, 3.8) is 0 Å². The van der Waals surface area contributed by atoms with Crippen LogP contribution in [0.5, 0.6) is 0 Å². The maximum absolute atomic E-state index is 12.7. The van der Waals surface area contributed by atoms with Gasteiger partial charge in [0.2, 0.25) is 0 Å². The molecule has 1 fully saturated rings. The first-order valence-corrected chi connectivity index (χ1v) is 12.0. The molecule has 1 aromatic carbocycles. The van der Waals surface area contributed by atoms with E-state index in [9.17, 15) is 24.0 Å². The van der Waals surface area contributed by atoms with E-state index in [4.69, 9.17) is 0 Å². The van der Waals surface area contributed by atoms with Crippen LogP contribution in [0, 0.1) is 5.92 Å². The molecule has 0 saturated carbocycles. The number of carbonyl (C=O) groups excluding carboxylic acids is 5. The second-order valence-electron chi connectivity index (χ2n) is 8.58. The molecule has 9 nitrogen and oxygen atoms in total. The van der Waals surface area contributed by atoms with Crippen molar-refractivity contribution in [2.75, 3.05) is 19.6 Å². The van der Waals surface area contributed by atoms with Gasteiger partial charge >= 0.3 is 0 Å². The largest absolute Gasteiger partial charge is 0.350 e. The second-order valence-corrected chi connectivity index (χ2v) is 9.57. The number of amides is 5. The summed E-state index contributed by atoms with van der Waals surface area (Å²) in [6.07, 6.45) is 5.50. The summed E-state index contributed by atoms with van der Waals surface area (Å²) in [7, 11) is 0. The zero-order valence-electron chi connectivity index (χ0n) is 19.3. The van der Waals surface area contributed by atoms with Crippen molar-refractivity contribution in [2.24, 2.45) is 5.92 Å². The highest BCUT2D eigenvalue weighted by Crippen LogP contribution is 2.31. The molecule has 4 rings (SSSR count). The molecule has 5 amide bonds. The molecule has 1 aromatic heterocycles. The molecule has 0 atom stereocenters. The van der Waals surface area contributed by atoms with Gasteiger partial charge in [-0.1, -0.05) is 19.9 Å². The average molecular weight is 493 g/mol. The minimum atomic E-state index is -0.466. The number of rotatable bonds is 8. The second kappa shape index (κ2) is 10.2. The summed E-state index contributed by atoms with van der Waals surface area (Å²) in [6.45, 7) is 4.41. The van der Waals surface area contributed by atoms with E-state index in [0.717, 1.165) is 16.7 Å². The van der Waals surface area contributed by atoms with E-state index in [0.29, 0.717) is 24.4 Å². The average Bonchev–Trinajstić information content (AvgIpc) is 3.24. The zero-order valence-corrected chi connectivity index (χ0v) is 20.1. The van der Waals surface area contributed by atoms with Crippen molar-refractivity contribution in [2.45, 2.75) is 20.3 Å². The molecule has 0 spiro atoms. The maximum atomic E-state index is 12.7. The van der Waals surface area contributed by atoms with Gasteiger partial charge in [-0.25, -0.2) is 0 Å². The predicted molar refractivity (Wildman–Crippen MR) is 131 cm³/mol. The Bertz CT molecular complexity index is 1240. The summed E-state index contributed by atoms with van der Waals surface area (Å²) in [5.41, 5.74) is 1.42. The number of pyridine rings is 1. The van der Waals surface area contributed by atoms with E-state index in [1.54, 1.807) is 30.6 Å². The van der Waals surface area contributed by atoms with Crippen molar-refractivity contribution in [1.29, 1.82) is 0 Å². The highest BCUT2D eigenvalue weighted by atomic mass is 32.2. The van der Waals surface area contributed by atoms with Gasteiger partial charge in [-0.05, 0) is 60.0 Å². The number of thioether (sulfide) groups is 1. The fraction of sp³-hybridized carbons (Fsp3) is 0.280. The van der Waals surface area contributed by atoms with Gasteiger partial charge in [-0.2, -0.15) is 0 Å². The van der Waals surface area contributed by atoms with Crippen LogP contribution < -0.4 is 5.32 Å². The maximum Gasteiger partial charge on any atom is 0.293 e. The molecule has 2 aliphatic rings. The number of fused-ring (bicyclic) bond motifs is 1. The summed E-state index contributed by atoms with van der Waals surface area (Å²) in [6, 6.07) is 7.90. The van der Waals surface area contributed by atoms with Crippen LogP contribution in [0.3, 0.4) is 0 Å². The van der Waals surface area contributed by atoms with Gasteiger partial charge in [-0.3, -0.25) is 38.8 Å². The Morgan fingerprint density at radius 3 is 2.51 bits per heavy atom. The Morgan fingerprint density at radius 2 is 1.80 bits per heavy atom. The van der Waals surface area contributed by atoms with Crippen molar-refractivity contribution < 1.29 is 24.0 Å². The smallest absolute Gasteiger partial charge is 0.293 e. The van der Waals surface area contributed by atoms with E-state index in [-0.39, 0.29) is 40.6 Å². The molecule has 2 aliphatic heterocycles. The van der Waals surface area contributed by atoms with Crippen LogP contribution in [0.15, 0.2) is 47.6 Å². The molecule has 1 N–H and O–H groups in total. The molecule has 1 saturated heterocycles. The SMILES string of the molecule is CC(C)CCN1C(=O)c2ccc(C(=O)NCCN3C(=O)S/C(=C/c4cccnc4)C3=O)cc2C1=O. The lowest BCUT2D eigenvalue weighted by molar-refractivity contribution is -0.122. The zero-order chi connectivity index (χ0) is 25.1. The summed E-state index contributed by atoms with van der Waals surface area (Å²) in [5.74, 6) is -1.31. The molecule has 0 aliphatic carbocycles. The fourth-order valence-electron chi connectivity index (χ4n) is 3.71. The Balaban J connectivity index is 1.36. The van der Waals surface area contributed by atoms with E-state index in [2.05, 4.69) is 10.3 Å². The van der Waals surface area contributed by atoms with Crippen LogP contribution >= 0.6 is 11.8 Å². The normalized spacial score (nSPS) is 16.6. The van der Waals surface area contributed by atoms with Crippen LogP contribution in [0.4, 0.5) is 4.79 Å². The summed E-state index contributed by atoms with van der Waals surface area (Å²) in [4.78, 5) is 69.3. The summed E-state index contributed by atoms with van der Waals surface area (Å²) >= 11 is 0.836. The standard InChI is InChI=1S/C25H24N4O5S/c1-15(2)7-10-28-22(31)18-6-5-17(13-19(18)23(28)32)21(30)27-9-11-29-24(33)20(35-25(29)34)12-16-4-3-8-26-14-16/h3-6,8,12-15H,7,9-11H2,1-2H3,(H,27,30)/b20-12+. The van der Waals surface area contributed by atoms with Crippen LogP contribution in [0.2, 0.25) is 0 Å². The molecule has 0 bridgehead atoms. The van der Waals surface area contributed by atoms with Crippen molar-refractivity contribution in [3.8, 4) is 0 Å². The van der Waals surface area contributed by atoms with Gasteiger partial charge in [0, 0.05) is 37.6 Å². The van der Waals surface area contributed by atoms with E-state index >= 15 is 0 Å². The first kappa shape index (κ1) is 24.3. The van der Waals surface area contributed by atoms with Crippen LogP contribution in [-0.4, -0.2) is 63.3 Å². The molecular weight excluding hydrogens is 468 g/mol. The summed E-state index contributed by atoms with van der Waals surface area (Å²) in [5, 5.41) is 2.25. The Morgan fingerprint density at radius 1 is 1.03 bits per heavy atom. The Hall–Kier alpha value is -3.79. The number of nitrogens with one attached hydrogen (secondary N) is 1. The lowest BCUT2D eigenvalue weighted by Gasteiger charge is -2.14. The molecule has 3 heterocycles. The number of hydrogen-bond donors (Lipinski definition) is 1. The quantitative estimate of drug-likeness (QED) is 0.444. The van der Waals surface area contributed by atoms with Gasteiger partial charge in [0.15, 0.2) is 0 Å². The van der Waals surface area contributed by atoms with Gasteiger partial charge < -0.3 is 5.32 Å². The molecule has 0 unspecified atom stereocenters. The van der Waals surface area contributed by atoms with Gasteiger partial charge in [0.1, 0.15) is 0 Å². The molecule has 35 heavy (non-hydrogen) atoms. The number of aromatic nitrogens is 1. The lowest BCUT2D eigenvalue weighted by Crippen LogP contribution is -2.37. The highest BCUT2D eigenvalue weighted by Gasteiger charge is 2.36. The Labute approximate surface area is 206 Å². The third kappa shape index (κ3) is 5.17. The van der Waals surface area contributed by atoms with Crippen LogP contribution in [0.25, 0.3) is 6.08 Å². The third-order valence-corrected chi connectivity index (χ3v) is 6.55. The van der Waals surface area contributed by atoms with Gasteiger partial charge in [0.25, 0.3) is 28.9 Å². The lowest BCUT2D eigenvalue weighted by atomic mass is 10.1. The number of imide groups is 2. The van der Waals surface area contributed by atoms with Gasteiger partial charge in [-0.15, -0.1) is 0 Å². The van der Waals surface area contributed by atoms with E-state index in [1.165, 1.54) is 23.1 Å². The van der Waals surface area contributed by atoms with Crippen molar-refractivity contribution in [1.82, 2.24) is 20.1 Å².